The van der Waals surface area contributed by atoms with Gasteiger partial charge in [-0.2, -0.15) is 0 Å². The zero-order chi connectivity index (χ0) is 13.4. The van der Waals surface area contributed by atoms with Gasteiger partial charge in [0, 0.05) is 6.54 Å². The van der Waals surface area contributed by atoms with Crippen LogP contribution in [-0.2, 0) is 4.74 Å². The number of esters is 1. The van der Waals surface area contributed by atoms with Crippen LogP contribution in [0.4, 0.5) is 4.39 Å². The first kappa shape index (κ1) is 17.9. The van der Waals surface area contributed by atoms with E-state index in [0.29, 0.717) is 12.2 Å². The topological polar surface area (TPSA) is 29.5 Å². The van der Waals surface area contributed by atoms with Crippen LogP contribution < -0.4 is 0 Å². The third kappa shape index (κ3) is 6.55. The molecule has 1 rings (SSSR count). The summed E-state index contributed by atoms with van der Waals surface area (Å²) in [6.07, 6.45) is 0.814. The fraction of sp³-hybridized carbons (Fsp3) is 0.500. The highest BCUT2D eigenvalue weighted by atomic mass is 35.5. The van der Waals surface area contributed by atoms with E-state index >= 15 is 0 Å². The lowest BCUT2D eigenvalue weighted by atomic mass is 10.2. The quantitative estimate of drug-likeness (QED) is 0.570. The van der Waals surface area contributed by atoms with Crippen molar-refractivity contribution in [1.29, 1.82) is 0 Å². The van der Waals surface area contributed by atoms with Crippen LogP contribution in [-0.4, -0.2) is 37.1 Å². The number of nitrogens with zero attached hydrogens (tertiary/aromatic N) is 1. The molecule has 1 aromatic carbocycles. The Morgan fingerprint density at radius 2 is 1.79 bits per heavy atom. The second-order valence-corrected chi connectivity index (χ2v) is 4.02. The van der Waals surface area contributed by atoms with Gasteiger partial charge in [-0.15, -0.1) is 12.4 Å². The van der Waals surface area contributed by atoms with E-state index in [9.17, 15) is 9.18 Å². The van der Waals surface area contributed by atoms with Gasteiger partial charge in [0.25, 0.3) is 0 Å². The minimum Gasteiger partial charge on any atom is -0.462 e. The van der Waals surface area contributed by atoms with Gasteiger partial charge in [-0.05, 0) is 43.8 Å². The minimum absolute atomic E-state index is 0. The number of rotatable bonds is 7. The maximum Gasteiger partial charge on any atom is 0.338 e. The largest absolute Gasteiger partial charge is 0.462 e. The Hall–Kier alpha value is -1.13. The van der Waals surface area contributed by atoms with Crippen LogP contribution in [0.5, 0.6) is 0 Å². The van der Waals surface area contributed by atoms with Gasteiger partial charge in [-0.3, -0.25) is 0 Å². The highest BCUT2D eigenvalue weighted by molar-refractivity contribution is 5.89. The normalized spacial score (nSPS) is 10.1. The van der Waals surface area contributed by atoms with Crippen molar-refractivity contribution in [1.82, 2.24) is 4.90 Å². The summed E-state index contributed by atoms with van der Waals surface area (Å²) in [5, 5.41) is 0. The number of carbonyl (C=O) groups excluding carboxylic acids is 1. The molecule has 3 nitrogen and oxygen atoms in total. The number of ether oxygens (including phenoxy) is 1. The first-order valence-electron chi connectivity index (χ1n) is 6.32. The molecule has 0 aliphatic rings. The Bertz CT molecular complexity index is 366. The summed E-state index contributed by atoms with van der Waals surface area (Å²) in [7, 11) is 0. The minimum atomic E-state index is -0.394. The highest BCUT2D eigenvalue weighted by Gasteiger charge is 2.07. The Kier molecular flexibility index (Phi) is 9.17. The summed E-state index contributed by atoms with van der Waals surface area (Å²) in [6, 6.07) is 5.38. The molecule has 19 heavy (non-hydrogen) atoms. The maximum atomic E-state index is 12.7. The molecule has 0 aliphatic heterocycles. The molecule has 0 N–H and O–H groups in total. The van der Waals surface area contributed by atoms with E-state index in [4.69, 9.17) is 4.74 Å². The summed E-state index contributed by atoms with van der Waals surface area (Å²) in [4.78, 5) is 13.9. The van der Waals surface area contributed by atoms with E-state index in [0.717, 1.165) is 26.1 Å². The van der Waals surface area contributed by atoms with Crippen LogP contribution >= 0.6 is 12.4 Å². The third-order valence-corrected chi connectivity index (χ3v) is 2.83. The lowest BCUT2D eigenvalue weighted by Crippen LogP contribution is -2.25. The summed E-state index contributed by atoms with van der Waals surface area (Å²) in [5.74, 6) is -0.748. The SMILES string of the molecule is CCN(CC)CCCOC(=O)c1ccc(F)cc1.Cl. The second-order valence-electron chi connectivity index (χ2n) is 4.02. The smallest absolute Gasteiger partial charge is 0.338 e. The van der Waals surface area contributed by atoms with Crippen molar-refractivity contribution in [3.63, 3.8) is 0 Å². The molecule has 0 unspecified atom stereocenters. The molecule has 108 valence electrons. The lowest BCUT2D eigenvalue weighted by Gasteiger charge is -2.17. The third-order valence-electron chi connectivity index (χ3n) is 2.83. The van der Waals surface area contributed by atoms with Crippen molar-refractivity contribution in [3.8, 4) is 0 Å². The van der Waals surface area contributed by atoms with E-state index in [2.05, 4.69) is 18.7 Å². The van der Waals surface area contributed by atoms with E-state index in [-0.39, 0.29) is 18.2 Å². The Morgan fingerprint density at radius 3 is 2.32 bits per heavy atom. The number of hydrogen-bond acceptors (Lipinski definition) is 3. The molecule has 0 aliphatic carbocycles. The van der Waals surface area contributed by atoms with Crippen molar-refractivity contribution in [2.24, 2.45) is 0 Å². The number of hydrogen-bond donors (Lipinski definition) is 0. The van der Waals surface area contributed by atoms with Crippen LogP contribution in [0.2, 0.25) is 0 Å². The van der Waals surface area contributed by atoms with Crippen LogP contribution in [0.1, 0.15) is 30.6 Å². The highest BCUT2D eigenvalue weighted by Crippen LogP contribution is 2.04. The van der Waals surface area contributed by atoms with Crippen molar-refractivity contribution in [3.05, 3.63) is 35.6 Å². The maximum absolute atomic E-state index is 12.7. The number of carbonyl (C=O) groups is 1. The molecule has 0 saturated heterocycles. The number of benzene rings is 1. The van der Waals surface area contributed by atoms with Gasteiger partial charge in [0.05, 0.1) is 12.2 Å². The predicted molar refractivity (Wildman–Crippen MR) is 76.3 cm³/mol. The van der Waals surface area contributed by atoms with Gasteiger partial charge in [0.2, 0.25) is 0 Å². The Balaban J connectivity index is 0.00000324. The predicted octanol–water partition coefficient (Wildman–Crippen LogP) is 3.14. The molecule has 0 saturated carbocycles. The number of halogens is 2. The Labute approximate surface area is 120 Å². The van der Waals surface area contributed by atoms with E-state index < -0.39 is 5.97 Å². The zero-order valence-corrected chi connectivity index (χ0v) is 12.2. The molecular weight excluding hydrogens is 269 g/mol. The second kappa shape index (κ2) is 9.75. The van der Waals surface area contributed by atoms with Gasteiger partial charge in [-0.25, -0.2) is 9.18 Å². The van der Waals surface area contributed by atoms with Crippen molar-refractivity contribution in [2.75, 3.05) is 26.2 Å². The standard InChI is InChI=1S/C14H20FNO2.ClH/c1-3-16(4-2)10-5-11-18-14(17)12-6-8-13(15)9-7-12;/h6-9H,3-5,10-11H2,1-2H3;1H. The van der Waals surface area contributed by atoms with Crippen LogP contribution in [0.3, 0.4) is 0 Å². The van der Waals surface area contributed by atoms with Crippen LogP contribution in [0, 0.1) is 5.82 Å². The van der Waals surface area contributed by atoms with E-state index in [1.165, 1.54) is 24.3 Å². The molecule has 0 heterocycles. The summed E-state index contributed by atoms with van der Waals surface area (Å²) in [6.45, 7) is 7.53. The fourth-order valence-electron chi connectivity index (χ4n) is 1.66. The van der Waals surface area contributed by atoms with Gasteiger partial charge < -0.3 is 9.64 Å². The van der Waals surface area contributed by atoms with Crippen LogP contribution in [0.15, 0.2) is 24.3 Å². The summed E-state index contributed by atoms with van der Waals surface area (Å²) < 4.78 is 17.8. The fourth-order valence-corrected chi connectivity index (χ4v) is 1.66. The molecule has 0 fully saturated rings. The van der Waals surface area contributed by atoms with Crippen molar-refractivity contribution >= 4 is 18.4 Å². The van der Waals surface area contributed by atoms with Gasteiger partial charge >= 0.3 is 5.97 Å². The Morgan fingerprint density at radius 1 is 1.21 bits per heavy atom. The van der Waals surface area contributed by atoms with Crippen molar-refractivity contribution in [2.45, 2.75) is 20.3 Å². The molecule has 1 aromatic rings. The van der Waals surface area contributed by atoms with Crippen LogP contribution in [0.25, 0.3) is 0 Å². The molecule has 0 amide bonds. The van der Waals surface area contributed by atoms with E-state index in [1.54, 1.807) is 0 Å². The molecule has 0 radical (unpaired) electrons. The molecule has 0 spiro atoms. The van der Waals surface area contributed by atoms with Crippen molar-refractivity contribution < 1.29 is 13.9 Å². The molecule has 0 bridgehead atoms. The lowest BCUT2D eigenvalue weighted by molar-refractivity contribution is 0.0489. The monoisotopic (exact) mass is 289 g/mol. The first-order valence-corrected chi connectivity index (χ1v) is 6.32. The summed E-state index contributed by atoms with van der Waals surface area (Å²) in [5.41, 5.74) is 0.388. The molecule has 0 aromatic heterocycles. The first-order chi connectivity index (χ1) is 8.67. The van der Waals surface area contributed by atoms with Gasteiger partial charge in [0.15, 0.2) is 0 Å². The summed E-state index contributed by atoms with van der Waals surface area (Å²) >= 11 is 0. The van der Waals surface area contributed by atoms with E-state index in [1.807, 2.05) is 0 Å². The van der Waals surface area contributed by atoms with Gasteiger partial charge in [0.1, 0.15) is 5.82 Å². The average molecular weight is 290 g/mol. The molecule has 0 atom stereocenters. The average Bonchev–Trinajstić information content (AvgIpc) is 2.39. The van der Waals surface area contributed by atoms with Gasteiger partial charge in [-0.1, -0.05) is 13.8 Å². The molecule has 5 heteroatoms. The zero-order valence-electron chi connectivity index (χ0n) is 11.4. The molecular formula is C14H21ClFNO2.